The summed E-state index contributed by atoms with van der Waals surface area (Å²) in [6.45, 7) is 4.64. The van der Waals surface area contributed by atoms with Crippen LogP contribution >= 0.6 is 0 Å². The number of imidazole rings is 1. The van der Waals surface area contributed by atoms with Gasteiger partial charge in [-0.2, -0.15) is 0 Å². The maximum absolute atomic E-state index is 7.26. The van der Waals surface area contributed by atoms with E-state index in [-0.39, 0.29) is 5.84 Å². The van der Waals surface area contributed by atoms with Gasteiger partial charge in [-0.25, -0.2) is 4.98 Å². The van der Waals surface area contributed by atoms with E-state index in [0.29, 0.717) is 6.42 Å². The van der Waals surface area contributed by atoms with Gasteiger partial charge in [-0.3, -0.25) is 10.3 Å². The Kier molecular flexibility index (Phi) is 3.94. The minimum absolute atomic E-state index is 0.239. The summed E-state index contributed by atoms with van der Waals surface area (Å²) < 4.78 is 2.02. The lowest BCUT2D eigenvalue weighted by Crippen LogP contribution is -2.27. The van der Waals surface area contributed by atoms with E-state index >= 15 is 0 Å². The molecular weight excluding hydrogens is 226 g/mol. The van der Waals surface area contributed by atoms with Crippen LogP contribution in [0.5, 0.6) is 0 Å². The van der Waals surface area contributed by atoms with Gasteiger partial charge in [-0.15, -0.1) is 0 Å². The molecule has 0 fully saturated rings. The molecule has 0 aliphatic carbocycles. The lowest BCUT2D eigenvalue weighted by Gasteiger charge is -2.18. The summed E-state index contributed by atoms with van der Waals surface area (Å²) in [6, 6.07) is 5.97. The smallest absolute Gasteiger partial charge is 0.137 e. The zero-order valence-corrected chi connectivity index (χ0v) is 10.6. The van der Waals surface area contributed by atoms with Crippen LogP contribution in [-0.2, 0) is 6.54 Å². The van der Waals surface area contributed by atoms with Crippen molar-refractivity contribution in [3.05, 3.63) is 36.3 Å². The second kappa shape index (κ2) is 5.64. The van der Waals surface area contributed by atoms with Crippen LogP contribution < -0.4 is 5.73 Å². The predicted molar refractivity (Wildman–Crippen MR) is 72.7 cm³/mol. The third kappa shape index (κ3) is 3.07. The number of nitrogens with two attached hydrogens (primary N) is 1. The van der Waals surface area contributed by atoms with Crippen LogP contribution in [0.2, 0.25) is 0 Å². The normalized spacial score (nSPS) is 11.2. The van der Waals surface area contributed by atoms with Crippen molar-refractivity contribution in [2.24, 2.45) is 5.73 Å². The molecule has 3 N–H and O–H groups in total. The van der Waals surface area contributed by atoms with Crippen molar-refractivity contribution in [1.29, 1.82) is 5.41 Å². The Morgan fingerprint density at radius 3 is 3.00 bits per heavy atom. The first kappa shape index (κ1) is 12.6. The molecule has 0 aliphatic heterocycles. The highest BCUT2D eigenvalue weighted by Crippen LogP contribution is 2.07. The molecule has 2 heterocycles. The Balaban J connectivity index is 2.04. The summed E-state index contributed by atoms with van der Waals surface area (Å²) in [6.07, 6.45) is 4.66. The Labute approximate surface area is 107 Å². The number of nitrogens with one attached hydrogen (secondary N) is 1. The lowest BCUT2D eigenvalue weighted by atomic mass is 10.3. The summed E-state index contributed by atoms with van der Waals surface area (Å²) in [7, 11) is 0. The average molecular weight is 245 g/mol. The van der Waals surface area contributed by atoms with Crippen LogP contribution in [0.1, 0.15) is 19.0 Å². The van der Waals surface area contributed by atoms with Crippen molar-refractivity contribution in [3.8, 4) is 0 Å². The second-order valence-corrected chi connectivity index (χ2v) is 4.34. The molecule has 96 valence electrons. The summed E-state index contributed by atoms with van der Waals surface area (Å²) in [5, 5.41) is 7.26. The van der Waals surface area contributed by atoms with Crippen LogP contribution in [0.4, 0.5) is 0 Å². The minimum atomic E-state index is 0.239. The van der Waals surface area contributed by atoms with Crippen molar-refractivity contribution < 1.29 is 0 Å². The molecule has 0 spiro atoms. The van der Waals surface area contributed by atoms with E-state index in [0.717, 1.165) is 31.0 Å². The average Bonchev–Trinajstić information content (AvgIpc) is 2.76. The van der Waals surface area contributed by atoms with E-state index in [1.54, 1.807) is 0 Å². The maximum atomic E-state index is 7.26. The first-order chi connectivity index (χ1) is 8.69. The van der Waals surface area contributed by atoms with Crippen LogP contribution in [0.3, 0.4) is 0 Å². The minimum Gasteiger partial charge on any atom is -0.388 e. The zero-order valence-electron chi connectivity index (χ0n) is 10.6. The third-order valence-electron chi connectivity index (χ3n) is 2.94. The molecule has 0 amide bonds. The number of fused-ring (bicyclic) bond motifs is 1. The standard InChI is InChI=1S/C13H19N5/c1-2-17(8-6-12(14)15)9-11-10-18-7-4-3-5-13(18)16-11/h3-5,7,10H,2,6,8-9H2,1H3,(H3,14,15). The molecule has 0 saturated carbocycles. The van der Waals surface area contributed by atoms with Gasteiger partial charge in [-0.05, 0) is 18.7 Å². The quantitative estimate of drug-likeness (QED) is 0.598. The molecule has 2 rings (SSSR count). The number of hydrogen-bond acceptors (Lipinski definition) is 3. The molecule has 0 bridgehead atoms. The first-order valence-corrected chi connectivity index (χ1v) is 6.17. The maximum Gasteiger partial charge on any atom is 0.137 e. The van der Waals surface area contributed by atoms with Crippen LogP contribution in [0, 0.1) is 5.41 Å². The van der Waals surface area contributed by atoms with Gasteiger partial charge in [0.15, 0.2) is 0 Å². The van der Waals surface area contributed by atoms with E-state index < -0.39 is 0 Å². The highest BCUT2D eigenvalue weighted by Gasteiger charge is 2.07. The summed E-state index contributed by atoms with van der Waals surface area (Å²) in [4.78, 5) is 6.80. The van der Waals surface area contributed by atoms with E-state index in [9.17, 15) is 0 Å². The van der Waals surface area contributed by atoms with Gasteiger partial charge in [0.25, 0.3) is 0 Å². The fraction of sp³-hybridized carbons (Fsp3) is 0.385. The van der Waals surface area contributed by atoms with Crippen LogP contribution in [0.25, 0.3) is 5.65 Å². The van der Waals surface area contributed by atoms with Crippen LogP contribution in [-0.4, -0.2) is 33.2 Å². The van der Waals surface area contributed by atoms with E-state index in [4.69, 9.17) is 11.1 Å². The van der Waals surface area contributed by atoms with E-state index in [1.807, 2.05) is 35.0 Å². The topological polar surface area (TPSA) is 70.4 Å². The Hall–Kier alpha value is -1.88. The van der Waals surface area contributed by atoms with Crippen molar-refractivity contribution >= 4 is 11.5 Å². The van der Waals surface area contributed by atoms with Gasteiger partial charge in [-0.1, -0.05) is 13.0 Å². The highest BCUT2D eigenvalue weighted by molar-refractivity contribution is 5.76. The Morgan fingerprint density at radius 1 is 1.50 bits per heavy atom. The number of amidine groups is 1. The van der Waals surface area contributed by atoms with Gasteiger partial charge in [0, 0.05) is 31.9 Å². The molecule has 18 heavy (non-hydrogen) atoms. The highest BCUT2D eigenvalue weighted by atomic mass is 15.1. The van der Waals surface area contributed by atoms with E-state index in [1.165, 1.54) is 0 Å². The van der Waals surface area contributed by atoms with Gasteiger partial charge in [0.1, 0.15) is 5.65 Å². The fourth-order valence-electron chi connectivity index (χ4n) is 1.92. The summed E-state index contributed by atoms with van der Waals surface area (Å²) >= 11 is 0. The molecular formula is C13H19N5. The summed E-state index contributed by atoms with van der Waals surface area (Å²) in [5.41, 5.74) is 7.40. The molecule has 5 nitrogen and oxygen atoms in total. The molecule has 0 unspecified atom stereocenters. The summed E-state index contributed by atoms with van der Waals surface area (Å²) in [5.74, 6) is 0.239. The van der Waals surface area contributed by atoms with Crippen molar-refractivity contribution in [2.45, 2.75) is 19.9 Å². The van der Waals surface area contributed by atoms with E-state index in [2.05, 4.69) is 16.8 Å². The van der Waals surface area contributed by atoms with Crippen LogP contribution in [0.15, 0.2) is 30.6 Å². The number of hydrogen-bond donors (Lipinski definition) is 2. The van der Waals surface area contributed by atoms with Gasteiger partial charge in [0.2, 0.25) is 0 Å². The van der Waals surface area contributed by atoms with Gasteiger partial charge < -0.3 is 10.1 Å². The predicted octanol–water partition coefficient (Wildman–Crippen LogP) is 1.48. The number of nitrogens with zero attached hydrogens (tertiary/aromatic N) is 3. The van der Waals surface area contributed by atoms with Crippen molar-refractivity contribution in [3.63, 3.8) is 0 Å². The lowest BCUT2D eigenvalue weighted by molar-refractivity contribution is 0.285. The van der Waals surface area contributed by atoms with Gasteiger partial charge >= 0.3 is 0 Å². The third-order valence-corrected chi connectivity index (χ3v) is 2.94. The van der Waals surface area contributed by atoms with Gasteiger partial charge in [0.05, 0.1) is 11.5 Å². The monoisotopic (exact) mass is 245 g/mol. The van der Waals surface area contributed by atoms with Crippen molar-refractivity contribution in [1.82, 2.24) is 14.3 Å². The number of rotatable bonds is 6. The SMILES string of the molecule is CCN(CCC(=N)N)Cc1cn2ccccc2n1. The Bertz CT molecular complexity index is 498. The van der Waals surface area contributed by atoms with Crippen molar-refractivity contribution in [2.75, 3.05) is 13.1 Å². The molecule has 0 saturated heterocycles. The molecule has 0 aromatic carbocycles. The molecule has 2 aromatic heterocycles. The first-order valence-electron chi connectivity index (χ1n) is 6.17. The second-order valence-electron chi connectivity index (χ2n) is 4.34. The molecule has 2 aromatic rings. The largest absolute Gasteiger partial charge is 0.388 e. The zero-order chi connectivity index (χ0) is 13.0. The number of aromatic nitrogens is 2. The molecule has 0 aliphatic rings. The fourth-order valence-corrected chi connectivity index (χ4v) is 1.92. The number of pyridine rings is 1. The Morgan fingerprint density at radius 2 is 2.33 bits per heavy atom. The molecule has 5 heteroatoms. The molecule has 0 atom stereocenters. The molecule has 0 radical (unpaired) electrons.